The van der Waals surface area contributed by atoms with Crippen molar-refractivity contribution in [1.82, 2.24) is 24.5 Å². The van der Waals surface area contributed by atoms with E-state index in [1.807, 2.05) is 23.5 Å². The number of likely N-dealkylation sites (tertiary alicyclic amines) is 5. The molecule has 1 N–H and O–H groups in total. The zero-order chi connectivity index (χ0) is 95.2. The number of thiol groups is 1. The summed E-state index contributed by atoms with van der Waals surface area (Å²) in [7, 11) is 1.60. The summed E-state index contributed by atoms with van der Waals surface area (Å²) < 4.78 is 5.08. The number of thioether (sulfide) groups is 3. The molecule has 5 atom stereocenters. The molecule has 5 heterocycles. The van der Waals surface area contributed by atoms with Gasteiger partial charge >= 0.3 is 0 Å². The number of alkyl halides is 1. The van der Waals surface area contributed by atoms with E-state index in [1.54, 1.807) is 18.9 Å². The van der Waals surface area contributed by atoms with Gasteiger partial charge in [0, 0.05) is 187 Å². The number of rotatable bonds is 21. The Bertz CT molecular complexity index is 5070. The number of ketones is 10. The van der Waals surface area contributed by atoms with E-state index < -0.39 is 11.3 Å². The molecule has 0 aromatic heterocycles. The second-order valence-corrected chi connectivity index (χ2v) is 46.4. The third-order valence-electron chi connectivity index (χ3n) is 28.5. The SMILES string of the molecule is CC1(C)CC(N2CCCC2)=C(C#N)/C(=C2/C(=O)CC(CCO)C2=O)C1.CC1(C)CC(N2CCCC2)=C(C#N)/C(=C2/C(=O)CC(CCSCCS)C2=O)C1.CC1(C)CC(N2CCCC2)=C(C#N)/C(=C2/C(=O)CC(Cl)C2=O)C1.COCCC1CC(=O)/C(=C2\CC(C)(C)CC(N3CCCC3)=C2C#N)C1=O.CSCCSCCC1CC(=O)/C(=C2\CC(C)(C)CC(N3CCCC3)=C2C#N)C1=O. The molecule has 5 saturated heterocycles. The van der Waals surface area contributed by atoms with E-state index in [2.05, 4.69) is 143 Å². The topological polar surface area (TPSA) is 335 Å². The van der Waals surface area contributed by atoms with Crippen molar-refractivity contribution in [3.05, 3.63) is 112 Å². The van der Waals surface area contributed by atoms with Gasteiger partial charge in [0.25, 0.3) is 0 Å². The molecule has 10 fully saturated rings. The lowest BCUT2D eigenvalue weighted by Crippen LogP contribution is -2.31. The van der Waals surface area contributed by atoms with Crippen LogP contribution >= 0.6 is 59.5 Å². The Balaban J connectivity index is 0.000000158. The van der Waals surface area contributed by atoms with Gasteiger partial charge in [0.1, 0.15) is 35.7 Å². The van der Waals surface area contributed by atoms with Crippen LogP contribution in [0.4, 0.5) is 0 Å². The van der Waals surface area contributed by atoms with Gasteiger partial charge in [-0.15, -0.1) is 11.6 Å². The predicted molar refractivity (Wildman–Crippen MR) is 519 cm³/mol. The highest BCUT2D eigenvalue weighted by atomic mass is 35.5. The van der Waals surface area contributed by atoms with Crippen LogP contribution < -0.4 is 0 Å². The lowest BCUT2D eigenvalue weighted by Gasteiger charge is -2.37. The number of Topliss-reactive ketones (excluding diaryl/α,β-unsaturated/α-hetero) is 10. The maximum Gasteiger partial charge on any atom is 0.185 e. The van der Waals surface area contributed by atoms with E-state index in [1.165, 1.54) is 0 Å². The summed E-state index contributed by atoms with van der Waals surface area (Å²) >= 11 is 15.7. The smallest absolute Gasteiger partial charge is 0.185 e. The first-order valence-corrected chi connectivity index (χ1v) is 52.6. The molecule has 5 aliphatic heterocycles. The highest BCUT2D eigenvalue weighted by Gasteiger charge is 2.50. The average molecular weight is 1880 g/mol. The molecule has 22 nitrogen and oxygen atoms in total. The molecule has 5 saturated carbocycles. The molecule has 131 heavy (non-hydrogen) atoms. The number of aliphatic hydroxyl groups excluding tert-OH is 1. The summed E-state index contributed by atoms with van der Waals surface area (Å²) in [6.45, 7) is 31.5. The lowest BCUT2D eigenvalue weighted by molar-refractivity contribution is -0.119. The summed E-state index contributed by atoms with van der Waals surface area (Å²) in [6.07, 6.45) is 24.0. The molecule has 0 spiro atoms. The van der Waals surface area contributed by atoms with E-state index in [0.29, 0.717) is 126 Å². The molecule has 15 rings (SSSR count). The highest BCUT2D eigenvalue weighted by molar-refractivity contribution is 8.02. The van der Waals surface area contributed by atoms with Crippen LogP contribution in [0, 0.1) is 107 Å². The first-order valence-electron chi connectivity index (χ1n) is 47.8. The number of halogens is 1. The number of hydrogen-bond donors (Lipinski definition) is 2. The second-order valence-electron chi connectivity index (χ2n) is 42.0. The van der Waals surface area contributed by atoms with Crippen molar-refractivity contribution in [2.75, 3.05) is 127 Å². The van der Waals surface area contributed by atoms with Crippen LogP contribution in [0.2, 0.25) is 0 Å². The molecule has 706 valence electrons. The third-order valence-corrected chi connectivity index (χ3v) is 32.3. The first-order chi connectivity index (χ1) is 62.3. The minimum Gasteiger partial charge on any atom is -0.396 e. The van der Waals surface area contributed by atoms with Crippen molar-refractivity contribution in [3.63, 3.8) is 0 Å². The number of methoxy groups -OCH3 is 1. The minimum atomic E-state index is -0.773. The monoisotopic (exact) mass is 1880 g/mol. The Hall–Kier alpha value is -7.84. The van der Waals surface area contributed by atoms with Crippen molar-refractivity contribution in [2.24, 2.45) is 50.7 Å². The molecule has 10 aliphatic carbocycles. The van der Waals surface area contributed by atoms with E-state index in [0.717, 1.165) is 249 Å². The second kappa shape index (κ2) is 45.7. The average Bonchev–Trinajstić information content (AvgIpc) is 1.67. The van der Waals surface area contributed by atoms with Gasteiger partial charge in [0.15, 0.2) is 57.8 Å². The van der Waals surface area contributed by atoms with Crippen LogP contribution in [0.25, 0.3) is 0 Å². The summed E-state index contributed by atoms with van der Waals surface area (Å²) in [5.41, 5.74) is 12.5. The Morgan fingerprint density at radius 3 is 0.809 bits per heavy atom. The van der Waals surface area contributed by atoms with E-state index in [-0.39, 0.29) is 140 Å². The van der Waals surface area contributed by atoms with Gasteiger partial charge in [-0.1, -0.05) is 69.2 Å². The molecule has 27 heteroatoms. The third kappa shape index (κ3) is 24.7. The number of aliphatic hydroxyl groups is 1. The largest absolute Gasteiger partial charge is 0.396 e. The van der Waals surface area contributed by atoms with Crippen LogP contribution in [0.1, 0.15) is 255 Å². The van der Waals surface area contributed by atoms with E-state index in [9.17, 15) is 74.3 Å². The van der Waals surface area contributed by atoms with Crippen molar-refractivity contribution >= 4 is 117 Å². The summed E-state index contributed by atoms with van der Waals surface area (Å²) in [4.78, 5) is 139. The van der Waals surface area contributed by atoms with Crippen LogP contribution in [-0.2, 0) is 52.7 Å². The maximum atomic E-state index is 13.2. The number of nitrogens with zero attached hydrogens (tertiary/aromatic N) is 10. The van der Waals surface area contributed by atoms with Crippen molar-refractivity contribution < 1.29 is 57.8 Å². The van der Waals surface area contributed by atoms with Crippen LogP contribution in [0.15, 0.2) is 112 Å². The van der Waals surface area contributed by atoms with Crippen molar-refractivity contribution in [2.45, 2.75) is 261 Å². The molecule has 0 aromatic rings. The fourth-order valence-electron chi connectivity index (χ4n) is 22.2. The highest BCUT2D eigenvalue weighted by Crippen LogP contribution is 2.53. The number of carbonyl (C=O) groups is 10. The fourth-order valence-corrected chi connectivity index (χ4v) is 25.4. The number of hydrogen-bond acceptors (Lipinski definition) is 26. The van der Waals surface area contributed by atoms with Crippen molar-refractivity contribution in [1.29, 1.82) is 26.3 Å². The van der Waals surface area contributed by atoms with Gasteiger partial charge in [-0.2, -0.15) is 74.2 Å². The Labute approximate surface area is 800 Å². The van der Waals surface area contributed by atoms with E-state index in [4.69, 9.17) is 21.4 Å². The Morgan fingerprint density at radius 2 is 0.588 bits per heavy atom. The Morgan fingerprint density at radius 1 is 0.351 bits per heavy atom. The molecule has 0 aromatic carbocycles. The lowest BCUT2D eigenvalue weighted by atomic mass is 9.72. The first kappa shape index (κ1) is 104. The molecule has 0 bridgehead atoms. The number of nitriles is 5. The Kier molecular flexibility index (Phi) is 36.1. The molecule has 5 unspecified atom stereocenters. The standard InChI is InChI=1S/C23H32N2O2S2.C22H30N2O2S2.C21H28N2O3.C20H26N2O3.C18H21ClN2O2/c1-23(2)13-17(18(15-24)19(14-23)25-7-4-5-8-25)21-20(26)12-16(22(21)27)6-9-29-11-10-28-3;1-22(2)12-16(17(14-23)18(13-22)24-6-3-4-7-24)20-19(25)11-15(21(20)26)5-9-28-10-8-27;1-21(2)11-15(16(13-22)17(12-21)23-7-4-5-8-23)19-18(24)10-14(20(19)25)6-9-26-3;1-20(2)10-14(18-17(24)9-13(5-8-23)19(18)25)15(12-21)16(11-20)22-6-3-4-7-22;1-18(2)8-11(16-15(22)7-13(19)17(16)23)12(10-20)14(9-18)21-5-3-4-6-21/h16H,4-14H2,1-3H3;15,27H,3-13H2,1-2H3;14H,4-12H2,1-3H3;13,23H,3-11H2,1-2H3;13H,3-9H2,1-2H3/b21-17-;20-16-;19-15-;18-14-;16-11-. The summed E-state index contributed by atoms with van der Waals surface area (Å²) in [5.74, 6) is 3.41. The fraction of sp³-hybridized carbons (Fsp3) is 0.663. The van der Waals surface area contributed by atoms with Gasteiger partial charge in [-0.05, 0) is 233 Å². The minimum absolute atomic E-state index is 0.0123. The molecule has 15 aliphatic rings. The summed E-state index contributed by atoms with van der Waals surface area (Å²) in [5, 5.41) is 57.8. The van der Waals surface area contributed by atoms with Gasteiger partial charge < -0.3 is 34.3 Å². The quantitative estimate of drug-likeness (QED) is 0.0354. The molecule has 0 radical (unpaired) electrons. The van der Waals surface area contributed by atoms with Crippen LogP contribution in [0.5, 0.6) is 0 Å². The van der Waals surface area contributed by atoms with Gasteiger partial charge in [0.05, 0.1) is 55.7 Å². The normalized spacial score (nSPS) is 28.7. The van der Waals surface area contributed by atoms with Gasteiger partial charge in [-0.3, -0.25) is 47.9 Å². The maximum absolute atomic E-state index is 13.2. The number of carbonyl (C=O) groups excluding carboxylic acids is 10. The van der Waals surface area contributed by atoms with E-state index >= 15 is 0 Å². The van der Waals surface area contributed by atoms with Gasteiger partial charge in [-0.25, -0.2) is 0 Å². The summed E-state index contributed by atoms with van der Waals surface area (Å²) in [6, 6.07) is 11.7. The zero-order valence-electron chi connectivity index (χ0n) is 79.6. The molecular weight excluding hydrogens is 1740 g/mol. The predicted octanol–water partition coefficient (Wildman–Crippen LogP) is 17.6. The molecule has 0 amide bonds. The number of allylic oxidation sites excluding steroid dienone is 20. The van der Waals surface area contributed by atoms with Crippen LogP contribution in [-0.4, -0.2) is 219 Å². The van der Waals surface area contributed by atoms with Crippen LogP contribution in [0.3, 0.4) is 0 Å². The zero-order valence-corrected chi connectivity index (χ0v) is 83.7. The van der Waals surface area contributed by atoms with Crippen molar-refractivity contribution in [3.8, 4) is 30.3 Å². The van der Waals surface area contributed by atoms with Gasteiger partial charge in [0.2, 0.25) is 0 Å². The number of ether oxygens (including phenoxy) is 1. The molecular formula is C104H137ClN10O12S4.